The third-order valence-corrected chi connectivity index (χ3v) is 1.83. The van der Waals surface area contributed by atoms with Crippen LogP contribution in [0, 0.1) is 11.8 Å². The fraction of sp³-hybridized carbons (Fsp3) is 0.273. The molecule has 0 bridgehead atoms. The molecule has 0 heterocycles. The van der Waals surface area contributed by atoms with E-state index in [0.29, 0.717) is 17.7 Å². The lowest BCUT2D eigenvalue weighted by molar-refractivity contribution is 0.151. The van der Waals surface area contributed by atoms with Crippen LogP contribution in [-0.4, -0.2) is 5.75 Å². The van der Waals surface area contributed by atoms with E-state index in [1.807, 2.05) is 0 Å². The fourth-order valence-corrected chi connectivity index (χ4v) is 1.08. The zero-order chi connectivity index (χ0) is 10.4. The van der Waals surface area contributed by atoms with Gasteiger partial charge in [-0.2, -0.15) is 12.6 Å². The number of thiol groups is 1. The third-order valence-electron chi connectivity index (χ3n) is 1.61. The Labute approximate surface area is 87.7 Å². The average molecular weight is 212 g/mol. The van der Waals surface area contributed by atoms with Gasteiger partial charge in [0.2, 0.25) is 0 Å². The van der Waals surface area contributed by atoms with Crippen LogP contribution in [0.2, 0.25) is 0 Å². The molecule has 0 saturated carbocycles. The molecule has 0 aliphatic heterocycles. The molecule has 14 heavy (non-hydrogen) atoms. The van der Waals surface area contributed by atoms with Crippen molar-refractivity contribution in [3.63, 3.8) is 0 Å². The molecule has 0 N–H and O–H groups in total. The number of rotatable bonds is 2. The molecule has 0 atom stereocenters. The minimum absolute atomic E-state index is 0.0164. The number of benzene rings is 1. The molecule has 0 aliphatic rings. The molecule has 0 amide bonds. The topological polar surface area (TPSA) is 0 Å². The second kappa shape index (κ2) is 5.66. The first-order valence-electron chi connectivity index (χ1n) is 4.22. The highest BCUT2D eigenvalue weighted by atomic mass is 32.1. The molecular weight excluding hydrogens is 202 g/mol. The zero-order valence-corrected chi connectivity index (χ0v) is 8.40. The number of halogens is 2. The summed E-state index contributed by atoms with van der Waals surface area (Å²) in [5.74, 6) is 6.34. The summed E-state index contributed by atoms with van der Waals surface area (Å²) in [6.07, 6.45) is -1.76. The summed E-state index contributed by atoms with van der Waals surface area (Å²) in [6, 6.07) is 6.12. The maximum atomic E-state index is 12.3. The lowest BCUT2D eigenvalue weighted by atomic mass is 10.1. The molecule has 0 saturated heterocycles. The average Bonchev–Trinajstić information content (AvgIpc) is 2.19. The highest BCUT2D eigenvalue weighted by Crippen LogP contribution is 2.18. The van der Waals surface area contributed by atoms with Gasteiger partial charge in [0.05, 0.1) is 0 Å². The van der Waals surface area contributed by atoms with Crippen LogP contribution < -0.4 is 0 Å². The predicted octanol–water partition coefficient (Wildman–Crippen LogP) is 3.30. The minimum Gasteiger partial charge on any atom is -0.205 e. The van der Waals surface area contributed by atoms with E-state index in [1.54, 1.807) is 12.1 Å². The molecule has 1 aromatic rings. The SMILES string of the molecule is FC(F)c1cccc(C#CCCS)c1. The number of hydrogen-bond donors (Lipinski definition) is 1. The molecule has 0 spiro atoms. The van der Waals surface area contributed by atoms with Gasteiger partial charge in [0.25, 0.3) is 6.43 Å². The van der Waals surface area contributed by atoms with Gasteiger partial charge in [-0.1, -0.05) is 24.0 Å². The Morgan fingerprint density at radius 1 is 1.36 bits per heavy atom. The van der Waals surface area contributed by atoms with E-state index >= 15 is 0 Å². The van der Waals surface area contributed by atoms with Gasteiger partial charge >= 0.3 is 0 Å². The second-order valence-corrected chi connectivity index (χ2v) is 3.15. The molecule has 1 rings (SSSR count). The highest BCUT2D eigenvalue weighted by molar-refractivity contribution is 7.80. The molecule has 1 aromatic carbocycles. The molecule has 0 fully saturated rings. The maximum absolute atomic E-state index is 12.3. The van der Waals surface area contributed by atoms with E-state index in [1.165, 1.54) is 12.1 Å². The molecule has 0 radical (unpaired) electrons. The summed E-state index contributed by atoms with van der Waals surface area (Å²) in [7, 11) is 0. The first-order valence-corrected chi connectivity index (χ1v) is 4.85. The van der Waals surface area contributed by atoms with Crippen LogP contribution in [0.1, 0.15) is 24.0 Å². The van der Waals surface area contributed by atoms with Gasteiger partial charge in [-0.15, -0.1) is 0 Å². The second-order valence-electron chi connectivity index (χ2n) is 2.70. The van der Waals surface area contributed by atoms with Gasteiger partial charge in [-0.25, -0.2) is 8.78 Å². The molecule has 0 aliphatic carbocycles. The molecule has 74 valence electrons. The quantitative estimate of drug-likeness (QED) is 0.564. The van der Waals surface area contributed by atoms with Crippen LogP contribution in [0.15, 0.2) is 24.3 Å². The van der Waals surface area contributed by atoms with Crippen molar-refractivity contribution in [2.75, 3.05) is 5.75 Å². The fourth-order valence-electron chi connectivity index (χ4n) is 0.973. The van der Waals surface area contributed by atoms with Crippen molar-refractivity contribution >= 4 is 12.6 Å². The number of hydrogen-bond acceptors (Lipinski definition) is 1. The summed E-state index contributed by atoms with van der Waals surface area (Å²) < 4.78 is 24.5. The van der Waals surface area contributed by atoms with Crippen LogP contribution in [-0.2, 0) is 0 Å². The summed E-state index contributed by atoms with van der Waals surface area (Å²) in [4.78, 5) is 0. The standard InChI is InChI=1S/C11H10F2S/c12-11(13)10-6-3-5-9(8-10)4-1-2-7-14/h3,5-6,8,11,14H,2,7H2. The largest absolute Gasteiger partial charge is 0.263 e. The Morgan fingerprint density at radius 2 is 2.14 bits per heavy atom. The normalized spacial score (nSPS) is 9.71. The van der Waals surface area contributed by atoms with Crippen molar-refractivity contribution in [2.45, 2.75) is 12.8 Å². The van der Waals surface area contributed by atoms with Crippen molar-refractivity contribution in [3.8, 4) is 11.8 Å². The smallest absolute Gasteiger partial charge is 0.205 e. The lowest BCUT2D eigenvalue weighted by Crippen LogP contribution is -1.84. The van der Waals surface area contributed by atoms with E-state index in [4.69, 9.17) is 0 Å². The van der Waals surface area contributed by atoms with Crippen LogP contribution in [0.4, 0.5) is 8.78 Å². The number of alkyl halides is 2. The van der Waals surface area contributed by atoms with Crippen molar-refractivity contribution in [3.05, 3.63) is 35.4 Å². The van der Waals surface area contributed by atoms with Gasteiger partial charge in [0.1, 0.15) is 0 Å². The van der Waals surface area contributed by atoms with Gasteiger partial charge < -0.3 is 0 Å². The van der Waals surface area contributed by atoms with E-state index in [9.17, 15) is 8.78 Å². The van der Waals surface area contributed by atoms with Crippen LogP contribution in [0.25, 0.3) is 0 Å². The molecule has 0 aromatic heterocycles. The Bertz CT molecular complexity index is 350. The van der Waals surface area contributed by atoms with E-state index in [2.05, 4.69) is 24.5 Å². The van der Waals surface area contributed by atoms with Crippen molar-refractivity contribution < 1.29 is 8.78 Å². The summed E-state index contributed by atoms with van der Waals surface area (Å²) in [5.41, 5.74) is 0.646. The Morgan fingerprint density at radius 3 is 2.79 bits per heavy atom. The van der Waals surface area contributed by atoms with Crippen LogP contribution >= 0.6 is 12.6 Å². The lowest BCUT2D eigenvalue weighted by Gasteiger charge is -1.98. The summed E-state index contributed by atoms with van der Waals surface area (Å²) >= 11 is 4.00. The van der Waals surface area contributed by atoms with Crippen LogP contribution in [0.3, 0.4) is 0 Å². The maximum Gasteiger partial charge on any atom is 0.263 e. The summed E-state index contributed by atoms with van der Waals surface area (Å²) in [5, 5.41) is 0. The molecule has 0 unspecified atom stereocenters. The van der Waals surface area contributed by atoms with E-state index < -0.39 is 6.43 Å². The van der Waals surface area contributed by atoms with Crippen LogP contribution in [0.5, 0.6) is 0 Å². The van der Waals surface area contributed by atoms with E-state index in [0.717, 1.165) is 0 Å². The minimum atomic E-state index is -2.43. The molecule has 3 heteroatoms. The first-order chi connectivity index (χ1) is 6.74. The molecular formula is C11H10F2S. The monoisotopic (exact) mass is 212 g/mol. The van der Waals surface area contributed by atoms with Gasteiger partial charge in [-0.3, -0.25) is 0 Å². The third kappa shape index (κ3) is 3.39. The Hall–Kier alpha value is -1.01. The van der Waals surface area contributed by atoms with Crippen molar-refractivity contribution in [2.24, 2.45) is 0 Å². The zero-order valence-electron chi connectivity index (χ0n) is 7.50. The Balaban J connectivity index is 2.80. The highest BCUT2D eigenvalue weighted by Gasteiger charge is 2.05. The molecule has 0 nitrogen and oxygen atoms in total. The van der Waals surface area contributed by atoms with Gasteiger partial charge in [0, 0.05) is 23.3 Å². The first kappa shape index (κ1) is 11.1. The van der Waals surface area contributed by atoms with E-state index in [-0.39, 0.29) is 5.56 Å². The van der Waals surface area contributed by atoms with Gasteiger partial charge in [-0.05, 0) is 12.1 Å². The van der Waals surface area contributed by atoms with Crippen molar-refractivity contribution in [1.82, 2.24) is 0 Å². The van der Waals surface area contributed by atoms with Crippen molar-refractivity contribution in [1.29, 1.82) is 0 Å². The van der Waals surface area contributed by atoms with Gasteiger partial charge in [0.15, 0.2) is 0 Å². The predicted molar refractivity (Wildman–Crippen MR) is 56.7 cm³/mol. The summed E-state index contributed by atoms with van der Waals surface area (Å²) in [6.45, 7) is 0. The Kier molecular flexibility index (Phi) is 4.48.